The standard InChI is InChI=1S/C11H8ClN5O5/c12-8-3-7(16(19)20)1-2-9(8)14-11(18)5-15-4-10(13-6-15)17(21)22/h1-4,6H,5H2,(H,14,18). The molecule has 1 aromatic heterocycles. The number of rotatable bonds is 5. The second kappa shape index (κ2) is 6.18. The van der Waals surface area contributed by atoms with Crippen LogP contribution in [-0.2, 0) is 11.3 Å². The van der Waals surface area contributed by atoms with Crippen molar-refractivity contribution >= 4 is 34.7 Å². The zero-order valence-corrected chi connectivity index (χ0v) is 11.6. The first kappa shape index (κ1) is 15.4. The van der Waals surface area contributed by atoms with Crippen LogP contribution < -0.4 is 5.32 Å². The number of amides is 1. The van der Waals surface area contributed by atoms with Crippen LogP contribution in [-0.4, -0.2) is 25.3 Å². The third-order valence-corrected chi connectivity index (χ3v) is 2.88. The number of halogens is 1. The number of aromatic nitrogens is 2. The van der Waals surface area contributed by atoms with Crippen LogP contribution in [0.2, 0.25) is 5.02 Å². The maximum Gasteiger partial charge on any atom is 0.381 e. The molecule has 0 bridgehead atoms. The minimum Gasteiger partial charge on any atom is -0.358 e. The van der Waals surface area contributed by atoms with Crippen molar-refractivity contribution in [1.29, 1.82) is 0 Å². The summed E-state index contributed by atoms with van der Waals surface area (Å²) in [6.45, 7) is -0.214. The van der Waals surface area contributed by atoms with Gasteiger partial charge in [-0.25, -0.2) is 0 Å². The van der Waals surface area contributed by atoms with Gasteiger partial charge in [-0.3, -0.25) is 14.9 Å². The van der Waals surface area contributed by atoms with E-state index in [9.17, 15) is 25.0 Å². The lowest BCUT2D eigenvalue weighted by molar-refractivity contribution is -0.389. The molecule has 0 aliphatic heterocycles. The lowest BCUT2D eigenvalue weighted by Gasteiger charge is -2.06. The van der Waals surface area contributed by atoms with Gasteiger partial charge in [-0.1, -0.05) is 11.6 Å². The first-order valence-corrected chi connectivity index (χ1v) is 6.14. The van der Waals surface area contributed by atoms with E-state index in [1.807, 2.05) is 0 Å². The molecular formula is C11H8ClN5O5. The predicted octanol–water partition coefficient (Wildman–Crippen LogP) is 1.99. The first-order chi connectivity index (χ1) is 10.4. The number of nitro benzene ring substituents is 1. The van der Waals surface area contributed by atoms with E-state index < -0.39 is 15.8 Å². The number of benzene rings is 1. The smallest absolute Gasteiger partial charge is 0.358 e. The monoisotopic (exact) mass is 325 g/mol. The lowest BCUT2D eigenvalue weighted by Crippen LogP contribution is -2.18. The third-order valence-electron chi connectivity index (χ3n) is 2.57. The molecule has 0 saturated heterocycles. The van der Waals surface area contributed by atoms with Gasteiger partial charge in [0.2, 0.25) is 12.2 Å². The summed E-state index contributed by atoms with van der Waals surface area (Å²) >= 11 is 5.84. The van der Waals surface area contributed by atoms with Crippen LogP contribution >= 0.6 is 11.6 Å². The quantitative estimate of drug-likeness (QED) is 0.660. The van der Waals surface area contributed by atoms with Gasteiger partial charge in [0, 0.05) is 12.1 Å². The molecule has 0 fully saturated rings. The van der Waals surface area contributed by atoms with Crippen LogP contribution in [0.4, 0.5) is 17.2 Å². The highest BCUT2D eigenvalue weighted by atomic mass is 35.5. The van der Waals surface area contributed by atoms with Crippen molar-refractivity contribution in [3.63, 3.8) is 0 Å². The number of non-ortho nitro benzene ring substituents is 1. The molecule has 2 rings (SSSR count). The van der Waals surface area contributed by atoms with E-state index in [0.717, 1.165) is 18.6 Å². The summed E-state index contributed by atoms with van der Waals surface area (Å²) in [5, 5.41) is 23.5. The SMILES string of the molecule is O=C(Cn1cnc([N+](=O)[O-])c1)Nc1ccc([N+](=O)[O-])cc1Cl. The maximum atomic E-state index is 11.8. The van der Waals surface area contributed by atoms with E-state index in [0.29, 0.717) is 0 Å². The number of nitro groups is 2. The molecule has 1 heterocycles. The maximum absolute atomic E-state index is 11.8. The highest BCUT2D eigenvalue weighted by Crippen LogP contribution is 2.26. The average Bonchev–Trinajstić information content (AvgIpc) is 2.89. The van der Waals surface area contributed by atoms with Crippen molar-refractivity contribution in [3.8, 4) is 0 Å². The molecule has 0 spiro atoms. The van der Waals surface area contributed by atoms with E-state index in [1.165, 1.54) is 16.7 Å². The normalized spacial score (nSPS) is 10.2. The number of carbonyl (C=O) groups excluding carboxylic acids is 1. The average molecular weight is 326 g/mol. The van der Waals surface area contributed by atoms with Gasteiger partial charge < -0.3 is 20.0 Å². The molecule has 0 saturated carbocycles. The molecule has 0 aliphatic carbocycles. The molecule has 2 aromatic rings. The van der Waals surface area contributed by atoms with Crippen LogP contribution in [0.3, 0.4) is 0 Å². The van der Waals surface area contributed by atoms with Gasteiger partial charge in [0.05, 0.1) is 15.6 Å². The largest absolute Gasteiger partial charge is 0.381 e. The highest BCUT2D eigenvalue weighted by molar-refractivity contribution is 6.33. The predicted molar refractivity (Wildman–Crippen MR) is 75.6 cm³/mol. The fraction of sp³-hybridized carbons (Fsp3) is 0.0909. The molecule has 1 amide bonds. The molecule has 11 heteroatoms. The molecular weight excluding hydrogens is 318 g/mol. The van der Waals surface area contributed by atoms with Gasteiger partial charge in [0.1, 0.15) is 12.7 Å². The minimum absolute atomic E-state index is 0.0131. The molecule has 0 atom stereocenters. The van der Waals surface area contributed by atoms with Crippen molar-refractivity contribution in [2.75, 3.05) is 5.32 Å². The summed E-state index contributed by atoms with van der Waals surface area (Å²) < 4.78 is 1.23. The van der Waals surface area contributed by atoms with Crippen molar-refractivity contribution in [2.24, 2.45) is 0 Å². The van der Waals surface area contributed by atoms with E-state index >= 15 is 0 Å². The summed E-state index contributed by atoms with van der Waals surface area (Å²) in [6, 6.07) is 3.61. The lowest BCUT2D eigenvalue weighted by atomic mass is 10.3. The fourth-order valence-corrected chi connectivity index (χ4v) is 1.83. The summed E-state index contributed by atoms with van der Waals surface area (Å²) in [6.07, 6.45) is 2.26. The zero-order valence-electron chi connectivity index (χ0n) is 10.8. The van der Waals surface area contributed by atoms with Crippen molar-refractivity contribution in [3.05, 3.63) is 56.0 Å². The topological polar surface area (TPSA) is 133 Å². The Labute approximate surface area is 127 Å². The van der Waals surface area contributed by atoms with Crippen LogP contribution in [0.1, 0.15) is 0 Å². The van der Waals surface area contributed by atoms with Crippen LogP contribution in [0, 0.1) is 20.2 Å². The molecule has 0 unspecified atom stereocenters. The second-order valence-electron chi connectivity index (χ2n) is 4.13. The highest BCUT2D eigenvalue weighted by Gasteiger charge is 2.14. The molecule has 1 N–H and O–H groups in total. The summed E-state index contributed by atoms with van der Waals surface area (Å²) in [5.41, 5.74) is 0.000107. The van der Waals surface area contributed by atoms with E-state index in [2.05, 4.69) is 10.3 Å². The Kier molecular flexibility index (Phi) is 4.32. The number of anilines is 1. The first-order valence-electron chi connectivity index (χ1n) is 5.77. The van der Waals surface area contributed by atoms with E-state index in [-0.39, 0.29) is 28.8 Å². The fourth-order valence-electron chi connectivity index (χ4n) is 1.60. The van der Waals surface area contributed by atoms with Crippen molar-refractivity contribution < 1.29 is 14.6 Å². The Hall–Kier alpha value is -3.01. The number of nitrogens with one attached hydrogen (secondary N) is 1. The zero-order chi connectivity index (χ0) is 16.3. The molecule has 10 nitrogen and oxygen atoms in total. The Morgan fingerprint density at radius 3 is 2.59 bits per heavy atom. The molecule has 0 radical (unpaired) electrons. The third kappa shape index (κ3) is 3.55. The van der Waals surface area contributed by atoms with Crippen molar-refractivity contribution in [2.45, 2.75) is 6.54 Å². The van der Waals surface area contributed by atoms with Gasteiger partial charge in [-0.15, -0.1) is 0 Å². The number of hydrogen-bond acceptors (Lipinski definition) is 6. The summed E-state index contributed by atoms with van der Waals surface area (Å²) in [4.78, 5) is 35.1. The van der Waals surface area contributed by atoms with Crippen LogP contribution in [0.5, 0.6) is 0 Å². The van der Waals surface area contributed by atoms with Gasteiger partial charge in [0.15, 0.2) is 0 Å². The van der Waals surface area contributed by atoms with Crippen LogP contribution in [0.25, 0.3) is 0 Å². The molecule has 0 aliphatic rings. The van der Waals surface area contributed by atoms with Gasteiger partial charge >= 0.3 is 5.82 Å². The van der Waals surface area contributed by atoms with Gasteiger partial charge in [0.25, 0.3) is 5.69 Å². The number of carbonyl (C=O) groups is 1. The van der Waals surface area contributed by atoms with Crippen LogP contribution in [0.15, 0.2) is 30.7 Å². The second-order valence-corrected chi connectivity index (χ2v) is 4.54. The Morgan fingerprint density at radius 1 is 1.32 bits per heavy atom. The number of hydrogen-bond donors (Lipinski definition) is 1. The Bertz CT molecular complexity index is 759. The molecule has 22 heavy (non-hydrogen) atoms. The van der Waals surface area contributed by atoms with E-state index in [4.69, 9.17) is 11.6 Å². The van der Waals surface area contributed by atoms with Crippen molar-refractivity contribution in [1.82, 2.24) is 9.55 Å². The summed E-state index contributed by atoms with van der Waals surface area (Å²) in [5.74, 6) is -0.885. The summed E-state index contributed by atoms with van der Waals surface area (Å²) in [7, 11) is 0. The number of imidazole rings is 1. The van der Waals surface area contributed by atoms with Gasteiger partial charge in [-0.05, 0) is 16.0 Å². The van der Waals surface area contributed by atoms with E-state index in [1.54, 1.807) is 0 Å². The Morgan fingerprint density at radius 2 is 2.05 bits per heavy atom. The molecule has 1 aromatic carbocycles. The molecule has 114 valence electrons. The number of nitrogens with zero attached hydrogens (tertiary/aromatic N) is 4. The van der Waals surface area contributed by atoms with Gasteiger partial charge in [-0.2, -0.15) is 0 Å². The minimum atomic E-state index is -0.679. The Balaban J connectivity index is 2.05.